The van der Waals surface area contributed by atoms with Gasteiger partial charge in [0.2, 0.25) is 11.8 Å². The summed E-state index contributed by atoms with van der Waals surface area (Å²) in [6.45, 7) is 5.07. The van der Waals surface area contributed by atoms with Crippen LogP contribution in [0, 0.1) is 18.3 Å². The van der Waals surface area contributed by atoms with Crippen molar-refractivity contribution in [1.82, 2.24) is 20.3 Å². The van der Waals surface area contributed by atoms with E-state index in [1.54, 1.807) is 67.5 Å². The molecule has 0 bridgehead atoms. The summed E-state index contributed by atoms with van der Waals surface area (Å²) in [5, 5.41) is 10.7. The van der Waals surface area contributed by atoms with Crippen molar-refractivity contribution in [2.75, 3.05) is 30.3 Å². The summed E-state index contributed by atoms with van der Waals surface area (Å²) < 4.78 is 49.4. The van der Waals surface area contributed by atoms with Crippen LogP contribution in [0.5, 0.6) is 11.6 Å². The van der Waals surface area contributed by atoms with Crippen molar-refractivity contribution in [3.63, 3.8) is 0 Å². The van der Waals surface area contributed by atoms with E-state index in [0.29, 0.717) is 66.9 Å². The van der Waals surface area contributed by atoms with E-state index in [4.69, 9.17) is 15.9 Å². The van der Waals surface area contributed by atoms with Crippen LogP contribution in [-0.2, 0) is 11.0 Å². The first-order valence-corrected chi connectivity index (χ1v) is 14.7. The SMILES string of the molecule is CCC(=O)NCC1CCN(c2ccc(-c3ccc(C)c(Oc4nc(-c5ccncc5)nc(N)c4C=N)c3)cc2C(F)(F)F)CC1. The van der Waals surface area contributed by atoms with Crippen LogP contribution < -0.4 is 20.7 Å². The molecule has 1 aliphatic rings. The highest BCUT2D eigenvalue weighted by atomic mass is 19.4. The average Bonchev–Trinajstić information content (AvgIpc) is 3.04. The van der Waals surface area contributed by atoms with E-state index in [1.807, 2.05) is 0 Å². The number of nitrogens with two attached hydrogens (primary N) is 1. The zero-order chi connectivity index (χ0) is 32.1. The molecule has 0 spiro atoms. The molecule has 12 heteroatoms. The third kappa shape index (κ3) is 7.22. The van der Waals surface area contributed by atoms with Gasteiger partial charge in [0.1, 0.15) is 11.6 Å². The van der Waals surface area contributed by atoms with E-state index in [-0.39, 0.29) is 40.6 Å². The molecule has 0 unspecified atom stereocenters. The maximum atomic E-state index is 14.4. The monoisotopic (exact) mass is 617 g/mol. The maximum absolute atomic E-state index is 14.4. The number of pyridine rings is 1. The molecule has 1 fully saturated rings. The first kappa shape index (κ1) is 31.4. The van der Waals surface area contributed by atoms with Gasteiger partial charge in [-0.25, -0.2) is 4.98 Å². The van der Waals surface area contributed by atoms with Crippen molar-refractivity contribution in [3.8, 4) is 34.1 Å². The molecule has 0 aliphatic carbocycles. The number of aryl methyl sites for hydroxylation is 1. The van der Waals surface area contributed by atoms with Gasteiger partial charge in [-0.2, -0.15) is 18.2 Å². The van der Waals surface area contributed by atoms with E-state index < -0.39 is 11.7 Å². The molecule has 9 nitrogen and oxygen atoms in total. The summed E-state index contributed by atoms with van der Waals surface area (Å²) in [5.41, 5.74) is 7.99. The predicted molar refractivity (Wildman–Crippen MR) is 167 cm³/mol. The number of halogens is 3. The molecule has 2 aromatic carbocycles. The van der Waals surface area contributed by atoms with Gasteiger partial charge in [0.05, 0.1) is 11.1 Å². The molecular weight excluding hydrogens is 583 g/mol. The topological polar surface area (TPSA) is 130 Å². The molecule has 4 N–H and O–H groups in total. The molecule has 0 radical (unpaired) electrons. The lowest BCUT2D eigenvalue weighted by Crippen LogP contribution is -2.39. The zero-order valence-corrected chi connectivity index (χ0v) is 25.0. The van der Waals surface area contributed by atoms with E-state index in [9.17, 15) is 18.0 Å². The third-order valence-electron chi connectivity index (χ3n) is 7.92. The molecule has 1 amide bonds. The Bertz CT molecular complexity index is 1690. The number of anilines is 2. The Morgan fingerprint density at radius 3 is 2.42 bits per heavy atom. The minimum absolute atomic E-state index is 0.0249. The van der Waals surface area contributed by atoms with Crippen molar-refractivity contribution in [2.24, 2.45) is 5.92 Å². The number of alkyl halides is 3. The second-order valence-corrected chi connectivity index (χ2v) is 10.9. The van der Waals surface area contributed by atoms with Crippen LogP contribution in [0.3, 0.4) is 0 Å². The number of aromatic nitrogens is 3. The number of nitrogens with zero attached hydrogens (tertiary/aromatic N) is 4. The number of ether oxygens (including phenoxy) is 1. The fourth-order valence-electron chi connectivity index (χ4n) is 5.28. The van der Waals surface area contributed by atoms with Gasteiger partial charge >= 0.3 is 6.18 Å². The molecule has 4 aromatic rings. The lowest BCUT2D eigenvalue weighted by molar-refractivity contribution is -0.137. The summed E-state index contributed by atoms with van der Waals surface area (Å²) in [7, 11) is 0. The molecule has 2 aromatic heterocycles. The number of hydrogen-bond donors (Lipinski definition) is 3. The molecule has 0 saturated carbocycles. The van der Waals surface area contributed by atoms with E-state index in [0.717, 1.165) is 6.21 Å². The summed E-state index contributed by atoms with van der Waals surface area (Å²) in [4.78, 5) is 26.2. The molecule has 234 valence electrons. The van der Waals surface area contributed by atoms with E-state index in [2.05, 4.69) is 20.3 Å². The van der Waals surface area contributed by atoms with Crippen molar-refractivity contribution in [2.45, 2.75) is 39.3 Å². The fraction of sp³-hybridized carbons (Fsp3) is 0.303. The summed E-state index contributed by atoms with van der Waals surface area (Å²) in [6, 6.07) is 12.9. The van der Waals surface area contributed by atoms with Gasteiger partial charge < -0.3 is 26.1 Å². The number of hydrogen-bond acceptors (Lipinski definition) is 8. The lowest BCUT2D eigenvalue weighted by Gasteiger charge is -2.35. The summed E-state index contributed by atoms with van der Waals surface area (Å²) in [5.74, 6) is 0.941. The molecule has 1 saturated heterocycles. The fourth-order valence-corrected chi connectivity index (χ4v) is 5.28. The van der Waals surface area contributed by atoms with Gasteiger partial charge in [-0.1, -0.05) is 25.1 Å². The zero-order valence-electron chi connectivity index (χ0n) is 25.0. The van der Waals surface area contributed by atoms with Crippen molar-refractivity contribution < 1.29 is 22.7 Å². The Labute approximate surface area is 259 Å². The van der Waals surface area contributed by atoms with Crippen molar-refractivity contribution in [3.05, 3.63) is 77.6 Å². The van der Waals surface area contributed by atoms with E-state index >= 15 is 0 Å². The predicted octanol–water partition coefficient (Wildman–Crippen LogP) is 6.65. The van der Waals surface area contributed by atoms with Crippen LogP contribution in [0.1, 0.15) is 42.9 Å². The number of rotatable bonds is 9. The minimum atomic E-state index is -4.57. The van der Waals surface area contributed by atoms with Gasteiger partial charge in [0.25, 0.3) is 0 Å². The van der Waals surface area contributed by atoms with Crippen LogP contribution in [0.25, 0.3) is 22.5 Å². The van der Waals surface area contributed by atoms with Crippen LogP contribution >= 0.6 is 0 Å². The summed E-state index contributed by atoms with van der Waals surface area (Å²) in [6.07, 6.45) is 1.39. The Balaban J connectivity index is 1.42. The number of benzene rings is 2. The van der Waals surface area contributed by atoms with Gasteiger partial charge in [0.15, 0.2) is 5.82 Å². The molecule has 5 rings (SSSR count). The number of carbonyl (C=O) groups is 1. The van der Waals surface area contributed by atoms with Crippen LogP contribution in [0.15, 0.2) is 60.9 Å². The molecule has 1 aliphatic heterocycles. The van der Waals surface area contributed by atoms with Crippen LogP contribution in [0.2, 0.25) is 0 Å². The van der Waals surface area contributed by atoms with Gasteiger partial charge in [0, 0.05) is 55.9 Å². The minimum Gasteiger partial charge on any atom is -0.438 e. The first-order chi connectivity index (χ1) is 21.6. The van der Waals surface area contributed by atoms with E-state index in [1.165, 1.54) is 12.1 Å². The molecule has 3 heterocycles. The Morgan fingerprint density at radius 2 is 1.76 bits per heavy atom. The summed E-state index contributed by atoms with van der Waals surface area (Å²) >= 11 is 0. The van der Waals surface area contributed by atoms with Crippen molar-refractivity contribution in [1.29, 1.82) is 5.41 Å². The Morgan fingerprint density at radius 1 is 1.07 bits per heavy atom. The number of nitrogen functional groups attached to an aromatic ring is 1. The number of nitrogens with one attached hydrogen (secondary N) is 2. The third-order valence-corrected chi connectivity index (χ3v) is 7.92. The van der Waals surface area contributed by atoms with Crippen LogP contribution in [-0.4, -0.2) is 46.7 Å². The number of carbonyl (C=O) groups excluding carboxylic acids is 1. The lowest BCUT2D eigenvalue weighted by atomic mass is 9.94. The largest absolute Gasteiger partial charge is 0.438 e. The Hall–Kier alpha value is -5.00. The van der Waals surface area contributed by atoms with Gasteiger partial charge in [-0.15, -0.1) is 0 Å². The average molecular weight is 618 g/mol. The number of piperidine rings is 1. The van der Waals surface area contributed by atoms with Crippen LogP contribution in [0.4, 0.5) is 24.7 Å². The second kappa shape index (κ2) is 13.3. The second-order valence-electron chi connectivity index (χ2n) is 10.9. The highest BCUT2D eigenvalue weighted by Gasteiger charge is 2.36. The molecule has 45 heavy (non-hydrogen) atoms. The Kier molecular flexibility index (Phi) is 9.31. The molecular formula is C33H34F3N7O2. The first-order valence-electron chi connectivity index (χ1n) is 14.7. The molecule has 0 atom stereocenters. The smallest absolute Gasteiger partial charge is 0.418 e. The standard InChI is InChI=1S/C33H34F3N7O2/c1-3-29(44)40-19-21-10-14-43(15-11-21)27-7-6-23(16-26(27)33(34,35)36)24-5-4-20(2)28(17-24)45-32-25(18-37)30(38)41-31(42-32)22-8-12-39-13-9-22/h4-9,12-13,16-18,21,37H,3,10-11,14-15,19H2,1-2H3,(H,40,44)(H2,38,41,42). The number of amides is 1. The van der Waals surface area contributed by atoms with Gasteiger partial charge in [-0.3, -0.25) is 9.78 Å². The van der Waals surface area contributed by atoms with Gasteiger partial charge in [-0.05, 0) is 72.7 Å². The van der Waals surface area contributed by atoms with Crippen molar-refractivity contribution >= 4 is 23.6 Å². The highest BCUT2D eigenvalue weighted by Crippen LogP contribution is 2.41. The normalized spacial score (nSPS) is 13.8. The highest BCUT2D eigenvalue weighted by molar-refractivity contribution is 5.87. The maximum Gasteiger partial charge on any atom is 0.418 e. The quantitative estimate of drug-likeness (QED) is 0.179.